The highest BCUT2D eigenvalue weighted by atomic mass is 16.3. The quantitative estimate of drug-likeness (QED) is 0.711. The average molecular weight is 211 g/mol. The van der Waals surface area contributed by atoms with E-state index in [2.05, 4.69) is 4.90 Å². The first-order chi connectivity index (χ1) is 7.08. The first-order valence-corrected chi connectivity index (χ1v) is 6.08. The van der Waals surface area contributed by atoms with Crippen molar-refractivity contribution in [3.63, 3.8) is 0 Å². The maximum Gasteiger partial charge on any atom is 0.149 e. The summed E-state index contributed by atoms with van der Waals surface area (Å²) in [6, 6.07) is 0.166. The standard InChI is InChI=1S/C12H21NO2/c1-12(15)6-3-8-13(9-7-12)10-4-2-5-11(10)14/h10,15H,2-9H2,1H3. The summed E-state index contributed by atoms with van der Waals surface area (Å²) in [4.78, 5) is 13.9. The summed E-state index contributed by atoms with van der Waals surface area (Å²) in [5, 5.41) is 9.97. The van der Waals surface area contributed by atoms with E-state index in [9.17, 15) is 9.90 Å². The lowest BCUT2D eigenvalue weighted by atomic mass is 9.98. The van der Waals surface area contributed by atoms with Crippen molar-refractivity contribution >= 4 is 5.78 Å². The van der Waals surface area contributed by atoms with Crippen molar-refractivity contribution in [2.24, 2.45) is 0 Å². The number of rotatable bonds is 1. The Bertz CT molecular complexity index is 250. The minimum Gasteiger partial charge on any atom is -0.390 e. The molecule has 86 valence electrons. The van der Waals surface area contributed by atoms with Crippen LogP contribution in [-0.4, -0.2) is 40.5 Å². The lowest BCUT2D eigenvalue weighted by Crippen LogP contribution is -2.39. The van der Waals surface area contributed by atoms with Crippen molar-refractivity contribution in [2.45, 2.75) is 57.1 Å². The highest BCUT2D eigenvalue weighted by Gasteiger charge is 2.33. The van der Waals surface area contributed by atoms with Gasteiger partial charge in [-0.1, -0.05) is 0 Å². The van der Waals surface area contributed by atoms with Crippen molar-refractivity contribution in [1.29, 1.82) is 0 Å². The first-order valence-electron chi connectivity index (χ1n) is 6.08. The summed E-state index contributed by atoms with van der Waals surface area (Å²) < 4.78 is 0. The molecule has 0 spiro atoms. The summed E-state index contributed by atoms with van der Waals surface area (Å²) in [7, 11) is 0. The van der Waals surface area contributed by atoms with Gasteiger partial charge < -0.3 is 5.11 Å². The van der Waals surface area contributed by atoms with Gasteiger partial charge in [0.2, 0.25) is 0 Å². The number of Topliss-reactive ketones (excluding diaryl/α,β-unsaturated/α-hetero) is 1. The van der Waals surface area contributed by atoms with Gasteiger partial charge in [0, 0.05) is 13.0 Å². The molecular weight excluding hydrogens is 190 g/mol. The second kappa shape index (κ2) is 4.22. The smallest absolute Gasteiger partial charge is 0.149 e. The molecule has 0 amide bonds. The zero-order valence-corrected chi connectivity index (χ0v) is 9.54. The normalized spacial score (nSPS) is 39.3. The number of hydrogen-bond donors (Lipinski definition) is 1. The van der Waals surface area contributed by atoms with E-state index in [1.54, 1.807) is 0 Å². The molecule has 0 aromatic heterocycles. The van der Waals surface area contributed by atoms with Gasteiger partial charge in [0.05, 0.1) is 11.6 Å². The number of ketones is 1. The Morgan fingerprint density at radius 1 is 1.33 bits per heavy atom. The van der Waals surface area contributed by atoms with E-state index >= 15 is 0 Å². The van der Waals surface area contributed by atoms with E-state index in [-0.39, 0.29) is 6.04 Å². The van der Waals surface area contributed by atoms with Crippen molar-refractivity contribution in [3.8, 4) is 0 Å². The van der Waals surface area contributed by atoms with Crippen LogP contribution in [0.1, 0.15) is 45.4 Å². The Kier molecular flexibility index (Phi) is 3.12. The zero-order chi connectivity index (χ0) is 10.9. The third-order valence-electron chi connectivity index (χ3n) is 3.81. The lowest BCUT2D eigenvalue weighted by Gasteiger charge is -2.26. The Balaban J connectivity index is 1.96. The minimum atomic E-state index is -0.517. The van der Waals surface area contributed by atoms with Crippen LogP contribution in [0.15, 0.2) is 0 Å². The molecule has 1 aliphatic heterocycles. The molecule has 3 nitrogen and oxygen atoms in total. The fraction of sp³-hybridized carbons (Fsp3) is 0.917. The predicted octanol–water partition coefficient (Wildman–Crippen LogP) is 1.34. The van der Waals surface area contributed by atoms with E-state index in [0.717, 1.165) is 51.6 Å². The topological polar surface area (TPSA) is 40.5 Å². The summed E-state index contributed by atoms with van der Waals surface area (Å²) in [5.41, 5.74) is -0.517. The van der Waals surface area contributed by atoms with Crippen LogP contribution in [0.25, 0.3) is 0 Å². The summed E-state index contributed by atoms with van der Waals surface area (Å²) in [6.07, 6.45) is 5.52. The Morgan fingerprint density at radius 2 is 2.13 bits per heavy atom. The Morgan fingerprint density at radius 3 is 2.80 bits per heavy atom. The third kappa shape index (κ3) is 2.58. The van der Waals surface area contributed by atoms with Crippen LogP contribution in [-0.2, 0) is 4.79 Å². The number of likely N-dealkylation sites (tertiary alicyclic amines) is 1. The van der Waals surface area contributed by atoms with Crippen molar-refractivity contribution in [2.75, 3.05) is 13.1 Å². The highest BCUT2D eigenvalue weighted by Crippen LogP contribution is 2.26. The van der Waals surface area contributed by atoms with Crippen LogP contribution < -0.4 is 0 Å². The molecule has 2 fully saturated rings. The van der Waals surface area contributed by atoms with E-state index in [1.165, 1.54) is 0 Å². The van der Waals surface area contributed by atoms with E-state index in [1.807, 2.05) is 6.92 Å². The minimum absolute atomic E-state index is 0.166. The molecule has 1 saturated heterocycles. The molecule has 2 rings (SSSR count). The Labute approximate surface area is 91.5 Å². The average Bonchev–Trinajstić information content (AvgIpc) is 2.49. The second-order valence-electron chi connectivity index (χ2n) is 5.26. The molecule has 3 heteroatoms. The maximum atomic E-state index is 11.6. The number of nitrogens with zero attached hydrogens (tertiary/aromatic N) is 1. The fourth-order valence-corrected chi connectivity index (χ4v) is 2.78. The van der Waals surface area contributed by atoms with Gasteiger partial charge in [0.15, 0.2) is 0 Å². The van der Waals surface area contributed by atoms with Gasteiger partial charge in [-0.05, 0) is 45.6 Å². The summed E-state index contributed by atoms with van der Waals surface area (Å²) >= 11 is 0. The molecule has 1 aliphatic carbocycles. The number of hydrogen-bond acceptors (Lipinski definition) is 3. The maximum absolute atomic E-state index is 11.6. The number of carbonyl (C=O) groups is 1. The van der Waals surface area contributed by atoms with Crippen molar-refractivity contribution in [1.82, 2.24) is 4.90 Å². The highest BCUT2D eigenvalue weighted by molar-refractivity contribution is 5.85. The van der Waals surface area contributed by atoms with Crippen LogP contribution in [0.3, 0.4) is 0 Å². The van der Waals surface area contributed by atoms with Crippen molar-refractivity contribution < 1.29 is 9.90 Å². The molecule has 1 heterocycles. The molecule has 2 unspecified atom stereocenters. The number of carbonyl (C=O) groups excluding carboxylic acids is 1. The van der Waals surface area contributed by atoms with E-state index < -0.39 is 5.60 Å². The van der Waals surface area contributed by atoms with Crippen LogP contribution >= 0.6 is 0 Å². The van der Waals surface area contributed by atoms with Gasteiger partial charge in [-0.15, -0.1) is 0 Å². The molecule has 15 heavy (non-hydrogen) atoms. The predicted molar refractivity (Wildman–Crippen MR) is 58.7 cm³/mol. The van der Waals surface area contributed by atoms with E-state index in [4.69, 9.17) is 0 Å². The largest absolute Gasteiger partial charge is 0.390 e. The first kappa shape index (κ1) is 11.1. The van der Waals surface area contributed by atoms with E-state index in [0.29, 0.717) is 5.78 Å². The second-order valence-corrected chi connectivity index (χ2v) is 5.26. The lowest BCUT2D eigenvalue weighted by molar-refractivity contribution is -0.122. The van der Waals surface area contributed by atoms with Crippen LogP contribution in [0.4, 0.5) is 0 Å². The molecule has 2 aliphatic rings. The molecule has 0 bridgehead atoms. The third-order valence-corrected chi connectivity index (χ3v) is 3.81. The molecule has 0 aromatic rings. The molecule has 1 saturated carbocycles. The Hall–Kier alpha value is -0.410. The van der Waals surface area contributed by atoms with Gasteiger partial charge >= 0.3 is 0 Å². The summed E-state index contributed by atoms with van der Waals surface area (Å²) in [5.74, 6) is 0.413. The molecule has 2 atom stereocenters. The number of aliphatic hydroxyl groups is 1. The van der Waals surface area contributed by atoms with Gasteiger partial charge in [-0.25, -0.2) is 0 Å². The van der Waals surface area contributed by atoms with Gasteiger partial charge in [0.1, 0.15) is 5.78 Å². The molecule has 1 N–H and O–H groups in total. The van der Waals surface area contributed by atoms with Crippen LogP contribution in [0, 0.1) is 0 Å². The zero-order valence-electron chi connectivity index (χ0n) is 9.54. The SMILES string of the molecule is CC1(O)CCCN(C2CCCC2=O)CC1. The molecule has 0 aromatic carbocycles. The van der Waals surface area contributed by atoms with Crippen LogP contribution in [0.2, 0.25) is 0 Å². The van der Waals surface area contributed by atoms with Crippen molar-refractivity contribution in [3.05, 3.63) is 0 Å². The van der Waals surface area contributed by atoms with Gasteiger partial charge in [-0.2, -0.15) is 0 Å². The monoisotopic (exact) mass is 211 g/mol. The van der Waals surface area contributed by atoms with Gasteiger partial charge in [0.25, 0.3) is 0 Å². The van der Waals surface area contributed by atoms with Gasteiger partial charge in [-0.3, -0.25) is 9.69 Å². The fourth-order valence-electron chi connectivity index (χ4n) is 2.78. The summed E-state index contributed by atoms with van der Waals surface area (Å²) in [6.45, 7) is 3.77. The van der Waals surface area contributed by atoms with Crippen LogP contribution in [0.5, 0.6) is 0 Å². The molecule has 0 radical (unpaired) electrons. The molecular formula is C12H21NO2.